The van der Waals surface area contributed by atoms with Crippen molar-refractivity contribution in [3.05, 3.63) is 71.5 Å². The van der Waals surface area contributed by atoms with Gasteiger partial charge in [0.25, 0.3) is 5.91 Å². The number of nitrogens with zero attached hydrogens (tertiary/aromatic N) is 2. The summed E-state index contributed by atoms with van der Waals surface area (Å²) in [6.07, 6.45) is 2.85. The molecule has 2 aromatic carbocycles. The van der Waals surface area contributed by atoms with Gasteiger partial charge in [-0.05, 0) is 36.4 Å². The normalized spacial score (nSPS) is 10.1. The SMILES string of the molecule is CC(=O)Nc1ccc(NC(=O)c2cnc(Nc3ccccc3Cl)nc2)cc1. The predicted molar refractivity (Wildman–Crippen MR) is 105 cm³/mol. The summed E-state index contributed by atoms with van der Waals surface area (Å²) in [5.74, 6) is -0.166. The number of amides is 2. The summed E-state index contributed by atoms with van der Waals surface area (Å²) in [7, 11) is 0. The molecule has 0 saturated heterocycles. The zero-order chi connectivity index (χ0) is 19.2. The third kappa shape index (κ3) is 5.02. The van der Waals surface area contributed by atoms with Crippen molar-refractivity contribution in [2.75, 3.05) is 16.0 Å². The average Bonchev–Trinajstić information content (AvgIpc) is 2.65. The van der Waals surface area contributed by atoms with E-state index in [9.17, 15) is 9.59 Å². The van der Waals surface area contributed by atoms with Gasteiger partial charge in [-0.2, -0.15) is 0 Å². The Morgan fingerprint density at radius 3 is 2.07 bits per heavy atom. The molecule has 0 radical (unpaired) electrons. The Labute approximate surface area is 160 Å². The fourth-order valence-electron chi connectivity index (χ4n) is 2.24. The smallest absolute Gasteiger partial charge is 0.258 e. The van der Waals surface area contributed by atoms with E-state index >= 15 is 0 Å². The summed E-state index contributed by atoms with van der Waals surface area (Å²) < 4.78 is 0. The highest BCUT2D eigenvalue weighted by atomic mass is 35.5. The molecule has 3 aromatic rings. The maximum absolute atomic E-state index is 12.3. The molecule has 27 heavy (non-hydrogen) atoms. The van der Waals surface area contributed by atoms with Crippen LogP contribution in [0.1, 0.15) is 17.3 Å². The van der Waals surface area contributed by atoms with Crippen molar-refractivity contribution >= 4 is 46.4 Å². The molecular weight excluding hydrogens is 366 g/mol. The third-order valence-electron chi connectivity index (χ3n) is 3.50. The second-order valence-corrected chi connectivity index (χ2v) is 6.02. The Balaban J connectivity index is 1.63. The number of carbonyl (C=O) groups excluding carboxylic acids is 2. The van der Waals surface area contributed by atoms with Crippen LogP contribution in [-0.2, 0) is 4.79 Å². The van der Waals surface area contributed by atoms with Crippen LogP contribution in [0.15, 0.2) is 60.9 Å². The van der Waals surface area contributed by atoms with Crippen LogP contribution in [0.25, 0.3) is 0 Å². The highest BCUT2D eigenvalue weighted by Gasteiger charge is 2.09. The molecule has 7 nitrogen and oxygen atoms in total. The number of rotatable bonds is 5. The van der Waals surface area contributed by atoms with E-state index in [1.165, 1.54) is 19.3 Å². The summed E-state index contributed by atoms with van der Waals surface area (Å²) in [5.41, 5.74) is 2.23. The van der Waals surface area contributed by atoms with E-state index in [2.05, 4.69) is 25.9 Å². The summed E-state index contributed by atoms with van der Waals surface area (Å²) in [4.78, 5) is 31.6. The van der Waals surface area contributed by atoms with E-state index in [1.54, 1.807) is 36.4 Å². The molecule has 0 spiro atoms. The lowest BCUT2D eigenvalue weighted by Gasteiger charge is -2.08. The maximum Gasteiger partial charge on any atom is 0.258 e. The van der Waals surface area contributed by atoms with Crippen LogP contribution in [0.2, 0.25) is 5.02 Å². The van der Waals surface area contributed by atoms with Gasteiger partial charge in [0.2, 0.25) is 11.9 Å². The Hall–Kier alpha value is -3.45. The van der Waals surface area contributed by atoms with Crippen LogP contribution in [0.3, 0.4) is 0 Å². The Kier molecular flexibility index (Phi) is 5.63. The number of hydrogen-bond acceptors (Lipinski definition) is 5. The van der Waals surface area contributed by atoms with Gasteiger partial charge in [0.05, 0.1) is 16.3 Å². The second kappa shape index (κ2) is 8.29. The van der Waals surface area contributed by atoms with E-state index in [4.69, 9.17) is 11.6 Å². The molecular formula is C19H16ClN5O2. The first-order chi connectivity index (χ1) is 13.0. The average molecular weight is 382 g/mol. The topological polar surface area (TPSA) is 96.0 Å². The minimum Gasteiger partial charge on any atom is -0.326 e. The molecule has 136 valence electrons. The Morgan fingerprint density at radius 1 is 0.889 bits per heavy atom. The fourth-order valence-corrected chi connectivity index (χ4v) is 2.42. The van der Waals surface area contributed by atoms with Gasteiger partial charge in [-0.3, -0.25) is 9.59 Å². The summed E-state index contributed by atoms with van der Waals surface area (Å²) in [6.45, 7) is 1.43. The number of hydrogen-bond donors (Lipinski definition) is 3. The van der Waals surface area contributed by atoms with Crippen molar-refractivity contribution in [2.45, 2.75) is 6.92 Å². The molecule has 3 rings (SSSR count). The van der Waals surface area contributed by atoms with Gasteiger partial charge < -0.3 is 16.0 Å². The molecule has 2 amide bonds. The number of nitrogens with one attached hydrogen (secondary N) is 3. The van der Waals surface area contributed by atoms with Crippen molar-refractivity contribution < 1.29 is 9.59 Å². The number of aromatic nitrogens is 2. The van der Waals surface area contributed by atoms with E-state index < -0.39 is 0 Å². The molecule has 0 unspecified atom stereocenters. The van der Waals surface area contributed by atoms with E-state index in [-0.39, 0.29) is 11.8 Å². The molecule has 1 heterocycles. The number of benzene rings is 2. The molecule has 0 fully saturated rings. The molecule has 0 aliphatic carbocycles. The van der Waals surface area contributed by atoms with Crippen molar-refractivity contribution in [2.24, 2.45) is 0 Å². The first-order valence-electron chi connectivity index (χ1n) is 8.04. The van der Waals surface area contributed by atoms with E-state index in [0.29, 0.717) is 33.6 Å². The number of para-hydroxylation sites is 1. The van der Waals surface area contributed by atoms with Crippen molar-refractivity contribution in [3.8, 4) is 0 Å². The Bertz CT molecular complexity index is 959. The largest absolute Gasteiger partial charge is 0.326 e. The molecule has 0 atom stereocenters. The van der Waals surface area contributed by atoms with Crippen LogP contribution in [-0.4, -0.2) is 21.8 Å². The summed E-state index contributed by atoms with van der Waals surface area (Å²) in [5, 5.41) is 8.94. The highest BCUT2D eigenvalue weighted by Crippen LogP contribution is 2.23. The van der Waals surface area contributed by atoms with Crippen LogP contribution in [0.5, 0.6) is 0 Å². The van der Waals surface area contributed by atoms with Gasteiger partial charge in [-0.25, -0.2) is 9.97 Å². The van der Waals surface area contributed by atoms with Crippen LogP contribution in [0.4, 0.5) is 23.0 Å². The van der Waals surface area contributed by atoms with Gasteiger partial charge in [-0.15, -0.1) is 0 Å². The number of anilines is 4. The molecule has 1 aromatic heterocycles. The molecule has 0 aliphatic heterocycles. The van der Waals surface area contributed by atoms with Gasteiger partial charge >= 0.3 is 0 Å². The lowest BCUT2D eigenvalue weighted by molar-refractivity contribution is -0.114. The summed E-state index contributed by atoms with van der Waals surface area (Å²) >= 11 is 6.08. The van der Waals surface area contributed by atoms with Gasteiger partial charge in [0.1, 0.15) is 0 Å². The van der Waals surface area contributed by atoms with Crippen LogP contribution in [0, 0.1) is 0 Å². The minimum atomic E-state index is -0.341. The van der Waals surface area contributed by atoms with Gasteiger partial charge in [0, 0.05) is 30.7 Å². The molecule has 8 heteroatoms. The van der Waals surface area contributed by atoms with Crippen molar-refractivity contribution in [1.82, 2.24) is 9.97 Å². The third-order valence-corrected chi connectivity index (χ3v) is 3.83. The monoisotopic (exact) mass is 381 g/mol. The maximum atomic E-state index is 12.3. The zero-order valence-corrected chi connectivity index (χ0v) is 15.1. The van der Waals surface area contributed by atoms with E-state index in [0.717, 1.165) is 0 Å². The lowest BCUT2D eigenvalue weighted by atomic mass is 10.2. The van der Waals surface area contributed by atoms with Gasteiger partial charge in [-0.1, -0.05) is 23.7 Å². The molecule has 3 N–H and O–H groups in total. The lowest BCUT2D eigenvalue weighted by Crippen LogP contribution is -2.13. The standard InChI is InChI=1S/C19H16ClN5O2/c1-12(26)23-14-6-8-15(9-7-14)24-18(27)13-10-21-19(22-11-13)25-17-5-3-2-4-16(17)20/h2-11H,1H3,(H,23,26)(H,24,27)(H,21,22,25). The van der Waals surface area contributed by atoms with Crippen LogP contribution < -0.4 is 16.0 Å². The second-order valence-electron chi connectivity index (χ2n) is 5.61. The van der Waals surface area contributed by atoms with Crippen LogP contribution >= 0.6 is 11.6 Å². The first kappa shape index (κ1) is 18.3. The first-order valence-corrected chi connectivity index (χ1v) is 8.41. The summed E-state index contributed by atoms with van der Waals surface area (Å²) in [6, 6.07) is 14.0. The van der Waals surface area contributed by atoms with E-state index in [1.807, 2.05) is 12.1 Å². The predicted octanol–water partition coefficient (Wildman–Crippen LogP) is 4.08. The van der Waals surface area contributed by atoms with Crippen molar-refractivity contribution in [1.29, 1.82) is 0 Å². The number of carbonyl (C=O) groups is 2. The fraction of sp³-hybridized carbons (Fsp3) is 0.0526. The molecule has 0 bridgehead atoms. The number of halogens is 1. The highest BCUT2D eigenvalue weighted by molar-refractivity contribution is 6.33. The van der Waals surface area contributed by atoms with Crippen molar-refractivity contribution in [3.63, 3.8) is 0 Å². The molecule has 0 saturated carbocycles. The molecule has 0 aliphatic rings. The quantitative estimate of drug-likeness (QED) is 0.618. The minimum absolute atomic E-state index is 0.158. The zero-order valence-electron chi connectivity index (χ0n) is 14.4. The van der Waals surface area contributed by atoms with Gasteiger partial charge in [0.15, 0.2) is 0 Å². The Morgan fingerprint density at radius 2 is 1.48 bits per heavy atom.